The van der Waals surface area contributed by atoms with E-state index in [0.29, 0.717) is 12.6 Å². The number of hydrogen-bond donors (Lipinski definition) is 1. The molecule has 1 aliphatic heterocycles. The van der Waals surface area contributed by atoms with Gasteiger partial charge in [-0.3, -0.25) is 4.90 Å². The van der Waals surface area contributed by atoms with Crippen molar-refractivity contribution in [1.29, 1.82) is 0 Å². The van der Waals surface area contributed by atoms with Gasteiger partial charge in [0, 0.05) is 19.1 Å². The Morgan fingerprint density at radius 2 is 2.00 bits per heavy atom. The highest BCUT2D eigenvalue weighted by molar-refractivity contribution is 5.27. The van der Waals surface area contributed by atoms with Crippen LogP contribution in [0.2, 0.25) is 0 Å². The Morgan fingerprint density at radius 1 is 1.21 bits per heavy atom. The molecule has 1 unspecified atom stereocenters. The molecule has 0 amide bonds. The Balaban J connectivity index is 1.75. The van der Waals surface area contributed by atoms with Gasteiger partial charge in [-0.15, -0.1) is 0 Å². The molecule has 1 aliphatic rings. The molecule has 106 valence electrons. The summed E-state index contributed by atoms with van der Waals surface area (Å²) in [6.45, 7) is 5.94. The van der Waals surface area contributed by atoms with Gasteiger partial charge in [-0.1, -0.05) is 25.0 Å². The SMILES string of the molecule is CC1CCCCCN1CCOc1ccc(CN)cc1. The Bertz CT molecular complexity index is 364. The van der Waals surface area contributed by atoms with Crippen LogP contribution in [-0.4, -0.2) is 30.6 Å². The standard InChI is InChI=1S/C16H26N2O/c1-14-5-3-2-4-10-18(14)11-12-19-16-8-6-15(13-17)7-9-16/h6-9,14H,2-5,10-13,17H2,1H3. The van der Waals surface area contributed by atoms with E-state index in [9.17, 15) is 0 Å². The Kier molecular flexibility index (Phi) is 5.67. The lowest BCUT2D eigenvalue weighted by Gasteiger charge is -2.26. The average Bonchev–Trinajstić information content (AvgIpc) is 2.65. The highest BCUT2D eigenvalue weighted by Gasteiger charge is 2.16. The van der Waals surface area contributed by atoms with Crippen molar-refractivity contribution in [3.63, 3.8) is 0 Å². The monoisotopic (exact) mass is 262 g/mol. The maximum absolute atomic E-state index is 5.81. The van der Waals surface area contributed by atoms with Crippen LogP contribution in [-0.2, 0) is 6.54 Å². The molecule has 1 heterocycles. The molecule has 1 aromatic carbocycles. The minimum Gasteiger partial charge on any atom is -0.492 e. The van der Waals surface area contributed by atoms with Gasteiger partial charge in [0.25, 0.3) is 0 Å². The molecular weight excluding hydrogens is 236 g/mol. The molecule has 0 aromatic heterocycles. The zero-order chi connectivity index (χ0) is 13.5. The largest absolute Gasteiger partial charge is 0.492 e. The van der Waals surface area contributed by atoms with Crippen molar-refractivity contribution in [2.24, 2.45) is 5.73 Å². The summed E-state index contributed by atoms with van der Waals surface area (Å²) >= 11 is 0. The van der Waals surface area contributed by atoms with E-state index in [-0.39, 0.29) is 0 Å². The second-order valence-electron chi connectivity index (χ2n) is 5.43. The molecule has 0 bridgehead atoms. The third kappa shape index (κ3) is 4.51. The predicted molar refractivity (Wildman–Crippen MR) is 79.3 cm³/mol. The van der Waals surface area contributed by atoms with Crippen LogP contribution >= 0.6 is 0 Å². The van der Waals surface area contributed by atoms with Gasteiger partial charge >= 0.3 is 0 Å². The molecule has 0 aliphatic carbocycles. The number of nitrogens with zero attached hydrogens (tertiary/aromatic N) is 1. The maximum atomic E-state index is 5.81. The van der Waals surface area contributed by atoms with Gasteiger partial charge in [0.1, 0.15) is 12.4 Å². The quantitative estimate of drug-likeness (QED) is 0.887. The second-order valence-corrected chi connectivity index (χ2v) is 5.43. The van der Waals surface area contributed by atoms with Crippen LogP contribution in [0.3, 0.4) is 0 Å². The van der Waals surface area contributed by atoms with E-state index in [1.54, 1.807) is 0 Å². The van der Waals surface area contributed by atoms with Gasteiger partial charge in [-0.2, -0.15) is 0 Å². The van der Waals surface area contributed by atoms with E-state index < -0.39 is 0 Å². The molecule has 2 N–H and O–H groups in total. The van der Waals surface area contributed by atoms with Crippen molar-refractivity contribution in [3.8, 4) is 5.75 Å². The molecule has 1 fully saturated rings. The van der Waals surface area contributed by atoms with Crippen molar-refractivity contribution in [1.82, 2.24) is 4.90 Å². The number of nitrogens with two attached hydrogens (primary N) is 1. The van der Waals surface area contributed by atoms with Crippen molar-refractivity contribution in [3.05, 3.63) is 29.8 Å². The van der Waals surface area contributed by atoms with Crippen molar-refractivity contribution >= 4 is 0 Å². The van der Waals surface area contributed by atoms with Crippen LogP contribution in [0.4, 0.5) is 0 Å². The van der Waals surface area contributed by atoms with E-state index >= 15 is 0 Å². The molecule has 0 saturated carbocycles. The smallest absolute Gasteiger partial charge is 0.119 e. The van der Waals surface area contributed by atoms with E-state index in [1.165, 1.54) is 32.2 Å². The van der Waals surface area contributed by atoms with Crippen molar-refractivity contribution in [2.75, 3.05) is 19.7 Å². The second kappa shape index (κ2) is 7.51. The highest BCUT2D eigenvalue weighted by atomic mass is 16.5. The summed E-state index contributed by atoms with van der Waals surface area (Å²) in [5.74, 6) is 0.944. The minimum atomic E-state index is 0.589. The zero-order valence-corrected chi connectivity index (χ0v) is 12.0. The maximum Gasteiger partial charge on any atom is 0.119 e. The Morgan fingerprint density at radius 3 is 2.74 bits per heavy atom. The normalized spacial score (nSPS) is 21.1. The Labute approximate surface area is 116 Å². The van der Waals surface area contributed by atoms with Gasteiger partial charge in [0.15, 0.2) is 0 Å². The summed E-state index contributed by atoms with van der Waals surface area (Å²) < 4.78 is 5.81. The van der Waals surface area contributed by atoms with Gasteiger partial charge in [0.05, 0.1) is 0 Å². The predicted octanol–water partition coefficient (Wildman–Crippen LogP) is 2.79. The Hall–Kier alpha value is -1.06. The van der Waals surface area contributed by atoms with Gasteiger partial charge in [-0.05, 0) is 44.0 Å². The van der Waals surface area contributed by atoms with E-state index in [1.807, 2.05) is 24.3 Å². The fraction of sp³-hybridized carbons (Fsp3) is 0.625. The van der Waals surface area contributed by atoms with Crippen LogP contribution in [0.15, 0.2) is 24.3 Å². The van der Waals surface area contributed by atoms with Crippen LogP contribution in [0.5, 0.6) is 5.75 Å². The fourth-order valence-corrected chi connectivity index (χ4v) is 2.67. The first-order valence-electron chi connectivity index (χ1n) is 7.45. The number of ether oxygens (including phenoxy) is 1. The lowest BCUT2D eigenvalue weighted by molar-refractivity contribution is 0.171. The van der Waals surface area contributed by atoms with Crippen LogP contribution in [0.25, 0.3) is 0 Å². The van der Waals surface area contributed by atoms with E-state index in [4.69, 9.17) is 10.5 Å². The summed E-state index contributed by atoms with van der Waals surface area (Å²) in [5, 5.41) is 0. The summed E-state index contributed by atoms with van der Waals surface area (Å²) in [6.07, 6.45) is 5.40. The third-order valence-corrected chi connectivity index (χ3v) is 4.00. The number of likely N-dealkylation sites (tertiary alicyclic amines) is 1. The van der Waals surface area contributed by atoms with Gasteiger partial charge < -0.3 is 10.5 Å². The molecule has 19 heavy (non-hydrogen) atoms. The molecule has 3 heteroatoms. The first kappa shape index (κ1) is 14.4. The number of rotatable bonds is 5. The first-order chi connectivity index (χ1) is 9.29. The average molecular weight is 262 g/mol. The molecule has 2 rings (SSSR count). The summed E-state index contributed by atoms with van der Waals surface area (Å²) in [4.78, 5) is 2.56. The van der Waals surface area contributed by atoms with Crippen LogP contribution < -0.4 is 10.5 Å². The third-order valence-electron chi connectivity index (χ3n) is 4.00. The minimum absolute atomic E-state index is 0.589. The zero-order valence-electron chi connectivity index (χ0n) is 12.0. The van der Waals surface area contributed by atoms with E-state index in [2.05, 4.69) is 11.8 Å². The molecule has 1 aromatic rings. The van der Waals surface area contributed by atoms with Crippen molar-refractivity contribution < 1.29 is 4.74 Å². The fourth-order valence-electron chi connectivity index (χ4n) is 2.67. The summed E-state index contributed by atoms with van der Waals surface area (Å²) in [6, 6.07) is 8.78. The lowest BCUT2D eigenvalue weighted by Crippen LogP contribution is -2.35. The highest BCUT2D eigenvalue weighted by Crippen LogP contribution is 2.16. The number of hydrogen-bond acceptors (Lipinski definition) is 3. The van der Waals surface area contributed by atoms with Crippen LogP contribution in [0, 0.1) is 0 Å². The lowest BCUT2D eigenvalue weighted by atomic mass is 10.1. The topological polar surface area (TPSA) is 38.5 Å². The molecule has 0 radical (unpaired) electrons. The summed E-state index contributed by atoms with van der Waals surface area (Å²) in [5.41, 5.74) is 6.73. The van der Waals surface area contributed by atoms with Crippen molar-refractivity contribution in [2.45, 2.75) is 45.2 Å². The van der Waals surface area contributed by atoms with Crippen LogP contribution in [0.1, 0.15) is 38.2 Å². The van der Waals surface area contributed by atoms with E-state index in [0.717, 1.165) is 24.5 Å². The number of benzene rings is 1. The summed E-state index contributed by atoms with van der Waals surface area (Å²) in [7, 11) is 0. The molecule has 1 saturated heterocycles. The molecule has 3 nitrogen and oxygen atoms in total. The molecule has 1 atom stereocenters. The van der Waals surface area contributed by atoms with Gasteiger partial charge in [0.2, 0.25) is 0 Å². The molecule has 0 spiro atoms. The first-order valence-corrected chi connectivity index (χ1v) is 7.45. The van der Waals surface area contributed by atoms with Gasteiger partial charge in [-0.25, -0.2) is 0 Å². The molecular formula is C16H26N2O.